The molecule has 0 fully saturated rings. The lowest BCUT2D eigenvalue weighted by molar-refractivity contribution is 0.850. The fraction of sp³-hybridized carbons (Fsp3) is 0.357. The summed E-state index contributed by atoms with van der Waals surface area (Å²) in [6.45, 7) is 1.89. The molecule has 0 aliphatic rings. The molecular formula is C14H12Cl8N4. The fourth-order valence-electron chi connectivity index (χ4n) is 1.61. The van der Waals surface area contributed by atoms with Crippen LogP contribution in [0.2, 0.25) is 0 Å². The molecule has 0 atom stereocenters. The number of aromatic nitrogens is 3. The lowest BCUT2D eigenvalue weighted by atomic mass is 10.1. The highest BCUT2D eigenvalue weighted by molar-refractivity contribution is 6.67. The Morgan fingerprint density at radius 2 is 1.27 bits per heavy atom. The van der Waals surface area contributed by atoms with Crippen LogP contribution in [0.25, 0.3) is 11.4 Å². The molecule has 0 unspecified atom stereocenters. The molecule has 0 aliphatic carbocycles. The molecule has 0 bridgehead atoms. The first-order valence-electron chi connectivity index (χ1n) is 6.79. The van der Waals surface area contributed by atoms with Crippen LogP contribution >= 0.6 is 92.8 Å². The zero-order chi connectivity index (χ0) is 20.0. The number of rotatable bonds is 3. The second-order valence-electron chi connectivity index (χ2n) is 4.63. The van der Waals surface area contributed by atoms with Crippen molar-refractivity contribution in [3.05, 3.63) is 41.5 Å². The van der Waals surface area contributed by atoms with Gasteiger partial charge in [-0.3, -0.25) is 5.32 Å². The molecule has 1 N–H and O–H groups in total. The average molecular weight is 520 g/mol. The Bertz CT molecular complexity index is 681. The second kappa shape index (κ2) is 10.9. The van der Waals surface area contributed by atoms with E-state index in [4.69, 9.17) is 92.8 Å². The van der Waals surface area contributed by atoms with Crippen molar-refractivity contribution in [1.82, 2.24) is 20.3 Å². The number of benzene rings is 1. The van der Waals surface area contributed by atoms with E-state index in [0.29, 0.717) is 12.0 Å². The maximum atomic E-state index is 5.83. The summed E-state index contributed by atoms with van der Waals surface area (Å²) in [6.07, 6.45) is 0. The second-order valence-corrected chi connectivity index (χ2v) is 9.73. The Hall–Kier alpha value is 0.510. The maximum Gasteiger partial charge on any atom is 0.250 e. The monoisotopic (exact) mass is 516 g/mol. The van der Waals surface area contributed by atoms with Crippen LogP contribution in [0.3, 0.4) is 0 Å². The van der Waals surface area contributed by atoms with E-state index in [2.05, 4.69) is 20.3 Å². The zero-order valence-electron chi connectivity index (χ0n) is 13.1. The van der Waals surface area contributed by atoms with Gasteiger partial charge in [-0.1, -0.05) is 93.9 Å². The quantitative estimate of drug-likeness (QED) is 0.373. The molecule has 26 heavy (non-hydrogen) atoms. The zero-order valence-corrected chi connectivity index (χ0v) is 19.1. The van der Waals surface area contributed by atoms with Gasteiger partial charge < -0.3 is 0 Å². The lowest BCUT2D eigenvalue weighted by Crippen LogP contribution is -2.17. The summed E-state index contributed by atoms with van der Waals surface area (Å²) in [5.74, 6) is 0.0508. The topological polar surface area (TPSA) is 50.7 Å². The SMILES string of the molecule is Cc1ccccc1-c1nc(C(Cl)(Cl)Cl)nc(C(Cl)(Cl)Cl)n1.ClCNCCl. The molecule has 0 saturated carbocycles. The number of aryl methyl sites for hydroxylation is 1. The van der Waals surface area contributed by atoms with Gasteiger partial charge in [-0.05, 0) is 12.5 Å². The summed E-state index contributed by atoms with van der Waals surface area (Å²) >= 11 is 45.2. The fourth-order valence-corrected chi connectivity index (χ4v) is 2.40. The Balaban J connectivity index is 0.000000597. The number of nitrogens with zero attached hydrogens (tertiary/aromatic N) is 3. The molecule has 1 heterocycles. The summed E-state index contributed by atoms with van der Waals surface area (Å²) in [6, 6.07) is 8.28. The van der Waals surface area contributed by atoms with Crippen molar-refractivity contribution in [3.8, 4) is 11.4 Å². The largest absolute Gasteiger partial charge is 0.291 e. The van der Waals surface area contributed by atoms with E-state index < -0.39 is 7.59 Å². The molecule has 2 aromatic rings. The third kappa shape index (κ3) is 7.86. The van der Waals surface area contributed by atoms with Gasteiger partial charge in [0.1, 0.15) is 0 Å². The number of hydrogen-bond acceptors (Lipinski definition) is 4. The summed E-state index contributed by atoms with van der Waals surface area (Å²) in [5.41, 5.74) is 1.65. The van der Waals surface area contributed by atoms with Crippen LogP contribution in [0, 0.1) is 6.92 Å². The highest BCUT2D eigenvalue weighted by Crippen LogP contribution is 2.40. The van der Waals surface area contributed by atoms with Gasteiger partial charge in [0.25, 0.3) is 0 Å². The Morgan fingerprint density at radius 1 is 0.808 bits per heavy atom. The highest BCUT2D eigenvalue weighted by Gasteiger charge is 2.34. The van der Waals surface area contributed by atoms with Crippen LogP contribution in [0.5, 0.6) is 0 Å². The van der Waals surface area contributed by atoms with Gasteiger partial charge in [0.05, 0.1) is 12.0 Å². The molecule has 0 aliphatic heterocycles. The first-order valence-corrected chi connectivity index (χ1v) is 10.1. The Kier molecular flexibility index (Phi) is 10.3. The molecule has 0 saturated heterocycles. The Labute approximate surface area is 191 Å². The minimum absolute atomic E-state index is 0.109. The lowest BCUT2D eigenvalue weighted by Gasteiger charge is -2.16. The third-order valence-corrected chi connectivity index (χ3v) is 4.11. The summed E-state index contributed by atoms with van der Waals surface area (Å²) in [4.78, 5) is 12.2. The van der Waals surface area contributed by atoms with E-state index in [1.807, 2.05) is 31.2 Å². The molecule has 1 aromatic heterocycles. The number of halogens is 8. The predicted octanol–water partition coefficient (Wildman–Crippen LogP) is 6.47. The van der Waals surface area contributed by atoms with Gasteiger partial charge in [0.15, 0.2) is 17.5 Å². The van der Waals surface area contributed by atoms with E-state index >= 15 is 0 Å². The van der Waals surface area contributed by atoms with Gasteiger partial charge in [0.2, 0.25) is 7.59 Å². The molecule has 0 radical (unpaired) electrons. The van der Waals surface area contributed by atoms with Crippen molar-refractivity contribution >= 4 is 92.8 Å². The first kappa shape index (κ1) is 24.5. The van der Waals surface area contributed by atoms with Crippen molar-refractivity contribution in [2.75, 3.05) is 12.0 Å². The number of nitrogens with one attached hydrogen (secondary N) is 1. The first-order chi connectivity index (χ1) is 12.0. The molecule has 12 heteroatoms. The van der Waals surface area contributed by atoms with Crippen LogP contribution in [0.4, 0.5) is 0 Å². The standard InChI is InChI=1S/C12H7Cl6N3.C2H5Cl2N/c1-6-4-2-3-5-7(6)8-19-9(11(13,14)15)21-10(20-8)12(16,17)18;3-1-5-2-4/h2-5H,1H3;5H,1-2H2. The molecule has 4 nitrogen and oxygen atoms in total. The summed E-state index contributed by atoms with van der Waals surface area (Å²) in [5, 5.41) is 2.64. The molecule has 1 aromatic carbocycles. The summed E-state index contributed by atoms with van der Waals surface area (Å²) in [7, 11) is 0. The van der Waals surface area contributed by atoms with Crippen LogP contribution in [0.1, 0.15) is 17.2 Å². The van der Waals surface area contributed by atoms with E-state index in [1.54, 1.807) is 0 Å². The van der Waals surface area contributed by atoms with Crippen LogP contribution in [-0.2, 0) is 7.59 Å². The van der Waals surface area contributed by atoms with Gasteiger partial charge in [-0.2, -0.15) is 0 Å². The van der Waals surface area contributed by atoms with E-state index in [-0.39, 0.29) is 17.5 Å². The van der Waals surface area contributed by atoms with Crippen molar-refractivity contribution in [1.29, 1.82) is 0 Å². The molecule has 0 spiro atoms. The van der Waals surface area contributed by atoms with Crippen LogP contribution < -0.4 is 5.32 Å². The molecule has 144 valence electrons. The minimum atomic E-state index is -1.86. The minimum Gasteiger partial charge on any atom is -0.291 e. The maximum absolute atomic E-state index is 5.83. The molecular weight excluding hydrogens is 508 g/mol. The number of alkyl halides is 8. The van der Waals surface area contributed by atoms with Crippen molar-refractivity contribution in [2.45, 2.75) is 14.5 Å². The van der Waals surface area contributed by atoms with Gasteiger partial charge >= 0.3 is 0 Å². The summed E-state index contributed by atoms with van der Waals surface area (Å²) < 4.78 is -3.71. The smallest absolute Gasteiger partial charge is 0.250 e. The van der Waals surface area contributed by atoms with Crippen LogP contribution in [-0.4, -0.2) is 27.0 Å². The highest BCUT2D eigenvalue weighted by atomic mass is 35.6. The number of hydrogen-bond donors (Lipinski definition) is 1. The van der Waals surface area contributed by atoms with Crippen molar-refractivity contribution in [3.63, 3.8) is 0 Å². The predicted molar refractivity (Wildman–Crippen MR) is 113 cm³/mol. The van der Waals surface area contributed by atoms with Gasteiger partial charge in [0, 0.05) is 5.56 Å². The van der Waals surface area contributed by atoms with Crippen molar-refractivity contribution < 1.29 is 0 Å². The normalized spacial score (nSPS) is 11.7. The average Bonchev–Trinajstić information content (AvgIpc) is 2.54. The van der Waals surface area contributed by atoms with E-state index in [0.717, 1.165) is 11.1 Å². The Morgan fingerprint density at radius 3 is 1.62 bits per heavy atom. The van der Waals surface area contributed by atoms with Gasteiger partial charge in [-0.25, -0.2) is 15.0 Å². The third-order valence-electron chi connectivity index (χ3n) is 2.72. The molecule has 0 amide bonds. The van der Waals surface area contributed by atoms with E-state index in [1.165, 1.54) is 0 Å². The van der Waals surface area contributed by atoms with E-state index in [9.17, 15) is 0 Å². The molecule has 2 rings (SSSR count). The van der Waals surface area contributed by atoms with Crippen LogP contribution in [0.15, 0.2) is 24.3 Å². The van der Waals surface area contributed by atoms with Crippen molar-refractivity contribution in [2.24, 2.45) is 0 Å². The van der Waals surface area contributed by atoms with Gasteiger partial charge in [-0.15, -0.1) is 23.2 Å².